The van der Waals surface area contributed by atoms with Gasteiger partial charge in [-0.05, 0) is 100 Å². The molecule has 3 rings (SSSR count). The fraction of sp³-hybridized carbons (Fsp3) is 0.258. The number of allylic oxidation sites excluding steroid dienone is 1. The summed E-state index contributed by atoms with van der Waals surface area (Å²) in [4.78, 5) is 28.3. The van der Waals surface area contributed by atoms with Crippen LogP contribution in [0.3, 0.4) is 0 Å². The van der Waals surface area contributed by atoms with E-state index in [0.29, 0.717) is 53.2 Å². The average molecular weight is 516 g/mol. The fourth-order valence-electron chi connectivity index (χ4n) is 3.45. The van der Waals surface area contributed by atoms with Crippen molar-refractivity contribution in [3.05, 3.63) is 90.4 Å². The monoisotopic (exact) mass is 515 g/mol. The van der Waals surface area contributed by atoms with Crippen molar-refractivity contribution in [1.82, 2.24) is 4.98 Å². The van der Waals surface area contributed by atoms with Gasteiger partial charge in [-0.15, -0.1) is 0 Å². The van der Waals surface area contributed by atoms with E-state index in [0.717, 1.165) is 31.2 Å². The van der Waals surface area contributed by atoms with Gasteiger partial charge in [-0.3, -0.25) is 0 Å². The molecule has 0 bridgehead atoms. The molecule has 0 radical (unpaired) electrons. The minimum atomic E-state index is -0.461. The highest BCUT2D eigenvalue weighted by Crippen LogP contribution is 2.26. The van der Waals surface area contributed by atoms with Gasteiger partial charge in [0.15, 0.2) is 5.76 Å². The molecule has 0 aliphatic heterocycles. The Bertz CT molecular complexity index is 1270. The molecule has 0 unspecified atom stereocenters. The predicted molar refractivity (Wildman–Crippen MR) is 148 cm³/mol. The molecule has 3 aromatic rings. The number of unbranched alkanes of at least 4 members (excludes halogenated alkanes) is 3. The van der Waals surface area contributed by atoms with Crippen LogP contribution in [-0.2, 0) is 9.53 Å². The minimum Gasteiger partial charge on any atom is -0.494 e. The largest absolute Gasteiger partial charge is 0.494 e. The van der Waals surface area contributed by atoms with Gasteiger partial charge >= 0.3 is 11.9 Å². The smallest absolute Gasteiger partial charge is 0.343 e. The molecule has 0 aliphatic carbocycles. The van der Waals surface area contributed by atoms with Gasteiger partial charge in [0.25, 0.3) is 0 Å². The molecule has 7 heteroatoms. The number of benzene rings is 2. The fourth-order valence-corrected chi connectivity index (χ4v) is 3.45. The van der Waals surface area contributed by atoms with Crippen LogP contribution >= 0.6 is 0 Å². The summed E-state index contributed by atoms with van der Waals surface area (Å²) in [5.74, 6) is 1.35. The molecule has 0 N–H and O–H groups in total. The Kier molecular flexibility index (Phi) is 10.7. The second-order valence-corrected chi connectivity index (χ2v) is 8.59. The summed E-state index contributed by atoms with van der Waals surface area (Å²) >= 11 is 0. The average Bonchev–Trinajstić information content (AvgIpc) is 3.33. The summed E-state index contributed by atoms with van der Waals surface area (Å²) in [6.07, 6.45) is 8.96. The highest BCUT2D eigenvalue weighted by molar-refractivity contribution is 5.91. The summed E-state index contributed by atoms with van der Waals surface area (Å²) in [5, 5.41) is 0. The number of rotatable bonds is 14. The number of carbonyl (C=O) groups excluding carboxylic acids is 2. The molecule has 0 fully saturated rings. The Morgan fingerprint density at radius 3 is 2.24 bits per heavy atom. The number of ether oxygens (including phenoxy) is 3. The van der Waals surface area contributed by atoms with Gasteiger partial charge < -0.3 is 18.6 Å². The third-order valence-corrected chi connectivity index (χ3v) is 5.48. The molecule has 1 heterocycles. The lowest BCUT2D eigenvalue weighted by Gasteiger charge is -2.08. The van der Waals surface area contributed by atoms with E-state index >= 15 is 0 Å². The molecular formula is C31H33NO6. The van der Waals surface area contributed by atoms with Crippen LogP contribution in [0.4, 0.5) is 0 Å². The third-order valence-electron chi connectivity index (χ3n) is 5.48. The summed E-state index contributed by atoms with van der Waals surface area (Å²) in [7, 11) is 0. The summed E-state index contributed by atoms with van der Waals surface area (Å²) in [6.45, 7) is 11.8. The Morgan fingerprint density at radius 1 is 0.947 bits per heavy atom. The van der Waals surface area contributed by atoms with Crippen LogP contribution in [0.25, 0.3) is 23.6 Å². The van der Waals surface area contributed by atoms with Crippen molar-refractivity contribution in [3.63, 3.8) is 0 Å². The molecule has 7 nitrogen and oxygen atoms in total. The number of hydrogen-bond donors (Lipinski definition) is 0. The van der Waals surface area contributed by atoms with Crippen LogP contribution in [0.1, 0.15) is 61.3 Å². The van der Waals surface area contributed by atoms with Gasteiger partial charge in [0, 0.05) is 11.1 Å². The summed E-state index contributed by atoms with van der Waals surface area (Å²) in [6, 6.07) is 13.8. The van der Waals surface area contributed by atoms with E-state index in [-0.39, 0.29) is 5.97 Å². The van der Waals surface area contributed by atoms with Gasteiger partial charge in [0.2, 0.25) is 5.89 Å². The van der Waals surface area contributed by atoms with Crippen molar-refractivity contribution in [2.45, 2.75) is 39.5 Å². The van der Waals surface area contributed by atoms with Crippen molar-refractivity contribution < 1.29 is 28.2 Å². The predicted octanol–water partition coefficient (Wildman–Crippen LogP) is 7.30. The van der Waals surface area contributed by atoms with E-state index in [1.165, 1.54) is 0 Å². The van der Waals surface area contributed by atoms with Crippen molar-refractivity contribution in [1.29, 1.82) is 0 Å². The Labute approximate surface area is 223 Å². The third kappa shape index (κ3) is 8.34. The topological polar surface area (TPSA) is 87.9 Å². The molecular weight excluding hydrogens is 482 g/mol. The van der Waals surface area contributed by atoms with E-state index in [1.807, 2.05) is 19.1 Å². The van der Waals surface area contributed by atoms with Gasteiger partial charge in [0.05, 0.1) is 18.8 Å². The maximum absolute atomic E-state index is 12.6. The van der Waals surface area contributed by atoms with Gasteiger partial charge in [-0.2, -0.15) is 0 Å². The molecule has 38 heavy (non-hydrogen) atoms. The zero-order valence-corrected chi connectivity index (χ0v) is 21.9. The van der Waals surface area contributed by atoms with Crippen LogP contribution in [0.15, 0.2) is 77.8 Å². The van der Waals surface area contributed by atoms with Crippen molar-refractivity contribution in [3.8, 4) is 23.0 Å². The van der Waals surface area contributed by atoms with Crippen LogP contribution < -0.4 is 9.47 Å². The number of hydrogen-bond acceptors (Lipinski definition) is 7. The first-order valence-electron chi connectivity index (χ1n) is 12.6. The van der Waals surface area contributed by atoms with Gasteiger partial charge in [-0.25, -0.2) is 14.6 Å². The minimum absolute atomic E-state index is 0.345. The summed E-state index contributed by atoms with van der Waals surface area (Å²) < 4.78 is 22.1. The Morgan fingerprint density at radius 2 is 1.61 bits per heavy atom. The molecule has 1 aromatic heterocycles. The highest BCUT2D eigenvalue weighted by Gasteiger charge is 2.12. The van der Waals surface area contributed by atoms with Crippen molar-refractivity contribution in [2.75, 3.05) is 13.2 Å². The lowest BCUT2D eigenvalue weighted by Crippen LogP contribution is -2.08. The second-order valence-electron chi connectivity index (χ2n) is 8.59. The maximum Gasteiger partial charge on any atom is 0.343 e. The van der Waals surface area contributed by atoms with E-state index in [1.54, 1.807) is 61.5 Å². The quantitative estimate of drug-likeness (QED) is 0.0963. The van der Waals surface area contributed by atoms with E-state index < -0.39 is 5.97 Å². The zero-order valence-electron chi connectivity index (χ0n) is 21.9. The van der Waals surface area contributed by atoms with E-state index in [2.05, 4.69) is 18.1 Å². The zero-order chi connectivity index (χ0) is 27.3. The number of oxazole rings is 1. The lowest BCUT2D eigenvalue weighted by atomic mass is 10.2. The first-order chi connectivity index (χ1) is 18.4. The molecule has 0 atom stereocenters. The highest BCUT2D eigenvalue weighted by atomic mass is 16.5. The molecule has 198 valence electrons. The van der Waals surface area contributed by atoms with Crippen LogP contribution in [0, 0.1) is 0 Å². The lowest BCUT2D eigenvalue weighted by molar-refractivity contribution is -0.139. The Balaban J connectivity index is 1.41. The number of esters is 2. The normalized spacial score (nSPS) is 10.8. The first kappa shape index (κ1) is 28.2. The van der Waals surface area contributed by atoms with Crippen molar-refractivity contribution >= 4 is 24.1 Å². The molecule has 0 amide bonds. The molecule has 0 spiro atoms. The van der Waals surface area contributed by atoms with Crippen LogP contribution in [0.5, 0.6) is 11.5 Å². The van der Waals surface area contributed by atoms with E-state index in [4.69, 9.17) is 18.6 Å². The first-order valence-corrected chi connectivity index (χ1v) is 12.6. The Hall–Kier alpha value is -4.39. The number of carbonyl (C=O) groups is 2. The second kappa shape index (κ2) is 14.4. The molecule has 2 aromatic carbocycles. The number of aromatic nitrogens is 1. The molecule has 0 aliphatic rings. The van der Waals surface area contributed by atoms with E-state index in [9.17, 15) is 9.59 Å². The molecule has 0 saturated heterocycles. The molecule has 0 saturated carbocycles. The SMILES string of the molecule is C=Cc1oc(-c2ccc(OC(=O)c3ccc(OCCCCCCOC(=O)C(=C)C)cc3)cc2)nc1/C=C\C. The number of nitrogens with zero attached hydrogens (tertiary/aromatic N) is 1. The maximum atomic E-state index is 12.6. The summed E-state index contributed by atoms with van der Waals surface area (Å²) in [5.41, 5.74) is 2.30. The standard InChI is InChI=1S/C31H33NO6/c1-5-11-27-28(6-2)38-29(32-27)23-12-18-26(19-13-23)37-31(34)24-14-16-25(17-15-24)35-20-9-7-8-10-21-36-30(33)22(3)4/h5-6,11-19H,2-3,7-10,20-21H2,1,4H3/b11-5-. The van der Waals surface area contributed by atoms with Gasteiger partial charge in [0.1, 0.15) is 17.2 Å². The van der Waals surface area contributed by atoms with Crippen LogP contribution in [0.2, 0.25) is 0 Å². The van der Waals surface area contributed by atoms with Crippen molar-refractivity contribution in [2.24, 2.45) is 0 Å². The van der Waals surface area contributed by atoms with Gasteiger partial charge in [-0.1, -0.05) is 19.2 Å². The van der Waals surface area contributed by atoms with Crippen LogP contribution in [-0.4, -0.2) is 30.1 Å².